The zero-order valence-corrected chi connectivity index (χ0v) is 14.6. The molecule has 0 N–H and O–H groups in total. The summed E-state index contributed by atoms with van der Waals surface area (Å²) in [4.78, 5) is 33.7. The van der Waals surface area contributed by atoms with Crippen molar-refractivity contribution in [3.05, 3.63) is 30.1 Å². The molecule has 2 saturated heterocycles. The average Bonchev–Trinajstić information content (AvgIpc) is 3.30. The van der Waals surface area contributed by atoms with Crippen LogP contribution in [0.5, 0.6) is 0 Å². The summed E-state index contributed by atoms with van der Waals surface area (Å²) in [5.74, 6) is 2.69. The first-order valence-electron chi connectivity index (χ1n) is 8.82. The minimum atomic E-state index is -0.226. The number of hydrogen-bond acceptors (Lipinski definition) is 4. The highest BCUT2D eigenvalue weighted by atomic mass is 32.2. The van der Waals surface area contributed by atoms with Crippen LogP contribution in [0.15, 0.2) is 24.5 Å². The van der Waals surface area contributed by atoms with Gasteiger partial charge < -0.3 is 9.80 Å². The summed E-state index contributed by atoms with van der Waals surface area (Å²) in [6.07, 6.45) is 6.26. The molecule has 5 nitrogen and oxygen atoms in total. The molecule has 0 spiro atoms. The zero-order chi connectivity index (χ0) is 16.5. The van der Waals surface area contributed by atoms with Crippen LogP contribution in [0, 0.1) is 5.92 Å². The number of rotatable bonds is 3. The standard InChI is InChI=1S/C18H23N3O2S/c22-17(15-11-14(15)13-3-1-5-19-12-13)21-6-2-4-16(21)18(23)20-7-9-24-10-8-20/h1,3,5,12,14-16H,2,4,6-11H2/t14-,15+,16-/m0/s1. The van der Waals surface area contributed by atoms with E-state index in [9.17, 15) is 9.59 Å². The molecule has 1 aromatic heterocycles. The van der Waals surface area contributed by atoms with Crippen LogP contribution in [0.1, 0.15) is 30.7 Å². The first kappa shape index (κ1) is 15.9. The van der Waals surface area contributed by atoms with E-state index < -0.39 is 0 Å². The summed E-state index contributed by atoms with van der Waals surface area (Å²) < 4.78 is 0. The van der Waals surface area contributed by atoms with Gasteiger partial charge in [-0.25, -0.2) is 0 Å². The van der Waals surface area contributed by atoms with Gasteiger partial charge in [-0.1, -0.05) is 6.07 Å². The highest BCUT2D eigenvalue weighted by molar-refractivity contribution is 7.99. The van der Waals surface area contributed by atoms with E-state index in [0.717, 1.165) is 56.0 Å². The highest BCUT2D eigenvalue weighted by Crippen LogP contribution is 2.48. The third-order valence-electron chi connectivity index (χ3n) is 5.36. The van der Waals surface area contributed by atoms with Crippen LogP contribution in [0.3, 0.4) is 0 Å². The molecule has 3 fully saturated rings. The molecule has 0 aromatic carbocycles. The molecule has 0 radical (unpaired) electrons. The molecule has 2 aliphatic heterocycles. The predicted molar refractivity (Wildman–Crippen MR) is 93.7 cm³/mol. The van der Waals surface area contributed by atoms with Crippen LogP contribution in [0.2, 0.25) is 0 Å². The maximum atomic E-state index is 12.9. The lowest BCUT2D eigenvalue weighted by Gasteiger charge is -2.32. The summed E-state index contributed by atoms with van der Waals surface area (Å²) >= 11 is 1.90. The van der Waals surface area contributed by atoms with Crippen LogP contribution in [-0.2, 0) is 9.59 Å². The van der Waals surface area contributed by atoms with Crippen LogP contribution >= 0.6 is 11.8 Å². The Hall–Kier alpha value is -1.56. The van der Waals surface area contributed by atoms with Gasteiger partial charge in [0.2, 0.25) is 11.8 Å². The Morgan fingerprint density at radius 3 is 2.75 bits per heavy atom. The van der Waals surface area contributed by atoms with Crippen molar-refractivity contribution in [1.29, 1.82) is 0 Å². The molecule has 6 heteroatoms. The van der Waals surface area contributed by atoms with Crippen molar-refractivity contribution in [2.75, 3.05) is 31.1 Å². The fourth-order valence-electron chi connectivity index (χ4n) is 3.93. The van der Waals surface area contributed by atoms with Crippen molar-refractivity contribution in [3.63, 3.8) is 0 Å². The molecule has 24 heavy (non-hydrogen) atoms. The summed E-state index contributed by atoms with van der Waals surface area (Å²) in [5, 5.41) is 0. The van der Waals surface area contributed by atoms with Crippen molar-refractivity contribution >= 4 is 23.6 Å². The third kappa shape index (κ3) is 3.04. The third-order valence-corrected chi connectivity index (χ3v) is 6.31. The molecule has 3 atom stereocenters. The molecule has 0 bridgehead atoms. The number of thioether (sulfide) groups is 1. The molecule has 3 heterocycles. The van der Waals surface area contributed by atoms with Gasteiger partial charge in [0.25, 0.3) is 0 Å². The minimum Gasteiger partial charge on any atom is -0.339 e. The minimum absolute atomic E-state index is 0.0412. The second-order valence-electron chi connectivity index (χ2n) is 6.86. The maximum absolute atomic E-state index is 12.9. The van der Waals surface area contributed by atoms with Crippen molar-refractivity contribution in [2.45, 2.75) is 31.2 Å². The van der Waals surface area contributed by atoms with Crippen molar-refractivity contribution < 1.29 is 9.59 Å². The first-order chi connectivity index (χ1) is 11.8. The van der Waals surface area contributed by atoms with E-state index in [1.807, 2.05) is 39.9 Å². The normalized spacial score (nSPS) is 29.6. The number of likely N-dealkylation sites (tertiary alicyclic amines) is 1. The van der Waals surface area contributed by atoms with Crippen molar-refractivity contribution in [3.8, 4) is 0 Å². The number of aromatic nitrogens is 1. The van der Waals surface area contributed by atoms with Gasteiger partial charge in [0, 0.05) is 49.5 Å². The fourth-order valence-corrected chi connectivity index (χ4v) is 4.83. The highest BCUT2D eigenvalue weighted by Gasteiger charge is 2.49. The van der Waals surface area contributed by atoms with Crippen molar-refractivity contribution in [2.24, 2.45) is 5.92 Å². The van der Waals surface area contributed by atoms with E-state index >= 15 is 0 Å². The summed E-state index contributed by atoms with van der Waals surface area (Å²) in [7, 11) is 0. The Morgan fingerprint density at radius 2 is 2.00 bits per heavy atom. The summed E-state index contributed by atoms with van der Waals surface area (Å²) in [6, 6.07) is 3.74. The SMILES string of the molecule is O=C([C@@H]1CCCN1C(=O)[C@@H]1C[C@H]1c1cccnc1)N1CCSCC1. The maximum Gasteiger partial charge on any atom is 0.245 e. The molecule has 3 aliphatic rings. The van der Waals surface area contributed by atoms with Gasteiger partial charge in [0.1, 0.15) is 6.04 Å². The number of amides is 2. The van der Waals surface area contributed by atoms with Crippen LogP contribution in [0.25, 0.3) is 0 Å². The molecule has 1 aromatic rings. The second kappa shape index (κ2) is 6.75. The van der Waals surface area contributed by atoms with Gasteiger partial charge >= 0.3 is 0 Å². The molecule has 0 unspecified atom stereocenters. The van der Waals surface area contributed by atoms with Gasteiger partial charge in [0.05, 0.1) is 0 Å². The van der Waals surface area contributed by atoms with Gasteiger partial charge in [-0.2, -0.15) is 11.8 Å². The smallest absolute Gasteiger partial charge is 0.245 e. The molecule has 128 valence electrons. The number of pyridine rings is 1. The number of carbonyl (C=O) groups is 2. The Bertz CT molecular complexity index is 618. The Kier molecular flexibility index (Phi) is 4.48. The van der Waals surface area contributed by atoms with E-state index in [1.54, 1.807) is 6.20 Å². The van der Waals surface area contributed by atoms with Crippen LogP contribution in [-0.4, -0.2) is 63.8 Å². The lowest BCUT2D eigenvalue weighted by Crippen LogP contribution is -2.50. The van der Waals surface area contributed by atoms with E-state index in [4.69, 9.17) is 0 Å². The number of carbonyl (C=O) groups excluding carboxylic acids is 2. The van der Waals surface area contributed by atoms with Crippen LogP contribution in [0.4, 0.5) is 0 Å². The molecular weight excluding hydrogens is 322 g/mol. The van der Waals surface area contributed by atoms with E-state index in [-0.39, 0.29) is 29.7 Å². The van der Waals surface area contributed by atoms with E-state index in [2.05, 4.69) is 4.98 Å². The summed E-state index contributed by atoms with van der Waals surface area (Å²) in [6.45, 7) is 2.38. The quantitative estimate of drug-likeness (QED) is 0.838. The number of hydrogen-bond donors (Lipinski definition) is 0. The molecule has 1 saturated carbocycles. The summed E-state index contributed by atoms with van der Waals surface area (Å²) in [5.41, 5.74) is 1.14. The van der Waals surface area contributed by atoms with Crippen LogP contribution < -0.4 is 0 Å². The van der Waals surface area contributed by atoms with Crippen molar-refractivity contribution in [1.82, 2.24) is 14.8 Å². The number of nitrogens with zero attached hydrogens (tertiary/aromatic N) is 3. The topological polar surface area (TPSA) is 53.5 Å². The molecule has 2 amide bonds. The molecule has 1 aliphatic carbocycles. The predicted octanol–water partition coefficient (Wildman–Crippen LogP) is 1.75. The lowest BCUT2D eigenvalue weighted by molar-refractivity contribution is -0.144. The molecular formula is C18H23N3O2S. The monoisotopic (exact) mass is 345 g/mol. The van der Waals surface area contributed by atoms with Gasteiger partial charge in [-0.05, 0) is 36.8 Å². The zero-order valence-electron chi connectivity index (χ0n) is 13.8. The first-order valence-corrected chi connectivity index (χ1v) is 9.98. The Balaban J connectivity index is 1.41. The Labute approximate surface area is 146 Å². The van der Waals surface area contributed by atoms with E-state index in [0.29, 0.717) is 0 Å². The largest absolute Gasteiger partial charge is 0.339 e. The van der Waals surface area contributed by atoms with Gasteiger partial charge in [-0.3, -0.25) is 14.6 Å². The fraction of sp³-hybridized carbons (Fsp3) is 0.611. The Morgan fingerprint density at radius 1 is 1.17 bits per heavy atom. The average molecular weight is 345 g/mol. The van der Waals surface area contributed by atoms with Gasteiger partial charge in [-0.15, -0.1) is 0 Å². The van der Waals surface area contributed by atoms with E-state index in [1.165, 1.54) is 0 Å². The lowest BCUT2D eigenvalue weighted by atomic mass is 10.1. The molecule has 4 rings (SSSR count). The van der Waals surface area contributed by atoms with Gasteiger partial charge in [0.15, 0.2) is 0 Å². The second-order valence-corrected chi connectivity index (χ2v) is 8.09.